The number of carbonyl (C=O) groups is 2. The fraction of sp³-hybridized carbons (Fsp3) is 0.333. The summed E-state index contributed by atoms with van der Waals surface area (Å²) in [4.78, 5) is 27.8. The number of hydrogen-bond acceptors (Lipinski definition) is 4. The van der Waals surface area contributed by atoms with E-state index in [9.17, 15) is 18.0 Å². The highest BCUT2D eigenvalue weighted by atomic mass is 32.2. The first kappa shape index (κ1) is 26.2. The summed E-state index contributed by atoms with van der Waals surface area (Å²) in [6, 6.07) is 21.7. The van der Waals surface area contributed by atoms with Gasteiger partial charge in [-0.05, 0) is 36.8 Å². The number of rotatable bonds is 11. The summed E-state index contributed by atoms with van der Waals surface area (Å²) >= 11 is 0. The van der Waals surface area contributed by atoms with Crippen LogP contribution in [0.5, 0.6) is 0 Å². The zero-order valence-corrected chi connectivity index (χ0v) is 21.3. The molecule has 0 radical (unpaired) electrons. The summed E-state index contributed by atoms with van der Waals surface area (Å²) in [6.45, 7) is 4.03. The monoisotopic (exact) mass is 495 g/mol. The van der Waals surface area contributed by atoms with Crippen LogP contribution in [-0.2, 0) is 26.0 Å². The van der Waals surface area contributed by atoms with Crippen LogP contribution in [0.1, 0.15) is 25.8 Å². The Hall–Kier alpha value is -3.39. The molecule has 35 heavy (non-hydrogen) atoms. The molecule has 3 aromatic carbocycles. The topological polar surface area (TPSA) is 86.8 Å². The highest BCUT2D eigenvalue weighted by Gasteiger charge is 2.30. The first-order valence-corrected chi connectivity index (χ1v) is 13.6. The number of hydrogen-bond donors (Lipinski definition) is 1. The van der Waals surface area contributed by atoms with E-state index in [-0.39, 0.29) is 12.5 Å². The molecule has 0 spiro atoms. The molecule has 0 bridgehead atoms. The lowest BCUT2D eigenvalue weighted by atomic mass is 10.1. The smallest absolute Gasteiger partial charge is 0.244 e. The van der Waals surface area contributed by atoms with Gasteiger partial charge in [0.15, 0.2) is 0 Å². The first-order valence-electron chi connectivity index (χ1n) is 11.8. The van der Waals surface area contributed by atoms with Crippen LogP contribution in [-0.4, -0.2) is 57.1 Å². The van der Waals surface area contributed by atoms with E-state index < -0.39 is 28.5 Å². The van der Waals surface area contributed by atoms with Crippen molar-refractivity contribution in [2.45, 2.75) is 32.7 Å². The molecule has 3 rings (SSSR count). The second-order valence-electron chi connectivity index (χ2n) is 8.56. The van der Waals surface area contributed by atoms with Crippen molar-refractivity contribution in [3.05, 3.63) is 78.4 Å². The van der Waals surface area contributed by atoms with Crippen LogP contribution in [0.15, 0.2) is 72.8 Å². The number of sulfonamides is 1. The van der Waals surface area contributed by atoms with Crippen LogP contribution in [0.3, 0.4) is 0 Å². The Morgan fingerprint density at radius 2 is 1.60 bits per heavy atom. The standard InChI is InChI=1S/C27H33N3O4S/c1-4-18-28-27(32)21(2)29(19-17-22-11-6-5-7-12-22)26(31)20-30(35(3,33)34)25-16-10-14-23-13-8-9-15-24(23)25/h5-16,21H,4,17-20H2,1-3H3,(H,28,32)/t21-/m1/s1. The Labute approximate surface area is 207 Å². The minimum Gasteiger partial charge on any atom is -0.354 e. The minimum atomic E-state index is -3.78. The maximum atomic E-state index is 13.6. The van der Waals surface area contributed by atoms with Crippen LogP contribution < -0.4 is 9.62 Å². The molecule has 7 nitrogen and oxygen atoms in total. The maximum absolute atomic E-state index is 13.6. The average Bonchev–Trinajstić information content (AvgIpc) is 2.85. The van der Waals surface area contributed by atoms with Crippen molar-refractivity contribution in [1.82, 2.24) is 10.2 Å². The van der Waals surface area contributed by atoms with Gasteiger partial charge in [0, 0.05) is 18.5 Å². The Morgan fingerprint density at radius 1 is 0.943 bits per heavy atom. The van der Waals surface area contributed by atoms with E-state index in [4.69, 9.17) is 0 Å². The van der Waals surface area contributed by atoms with Crippen molar-refractivity contribution in [2.24, 2.45) is 0 Å². The minimum absolute atomic E-state index is 0.260. The molecule has 0 aliphatic heterocycles. The predicted molar refractivity (Wildman–Crippen MR) is 141 cm³/mol. The van der Waals surface area contributed by atoms with Gasteiger partial charge >= 0.3 is 0 Å². The quantitative estimate of drug-likeness (QED) is 0.440. The summed E-state index contributed by atoms with van der Waals surface area (Å²) in [5.74, 6) is -0.692. The normalized spacial score (nSPS) is 12.2. The van der Waals surface area contributed by atoms with Crippen molar-refractivity contribution >= 4 is 38.3 Å². The molecule has 0 aliphatic carbocycles. The zero-order chi connectivity index (χ0) is 25.4. The zero-order valence-electron chi connectivity index (χ0n) is 20.5. The molecule has 0 unspecified atom stereocenters. The summed E-state index contributed by atoms with van der Waals surface area (Å²) in [5, 5.41) is 4.45. The van der Waals surface area contributed by atoms with Gasteiger partial charge in [-0.1, -0.05) is 73.7 Å². The third kappa shape index (κ3) is 6.82. The van der Waals surface area contributed by atoms with E-state index in [2.05, 4.69) is 5.32 Å². The fourth-order valence-corrected chi connectivity index (χ4v) is 4.85. The first-order chi connectivity index (χ1) is 16.7. The van der Waals surface area contributed by atoms with Crippen molar-refractivity contribution in [3.63, 3.8) is 0 Å². The lowest BCUT2D eigenvalue weighted by Gasteiger charge is -2.31. The molecule has 0 fully saturated rings. The molecule has 0 saturated heterocycles. The molecule has 0 saturated carbocycles. The largest absolute Gasteiger partial charge is 0.354 e. The van der Waals surface area contributed by atoms with Gasteiger partial charge in [0.1, 0.15) is 12.6 Å². The van der Waals surface area contributed by atoms with Crippen LogP contribution in [0.4, 0.5) is 5.69 Å². The van der Waals surface area contributed by atoms with Gasteiger partial charge < -0.3 is 10.2 Å². The molecule has 1 N–H and O–H groups in total. The van der Waals surface area contributed by atoms with E-state index in [1.165, 1.54) is 4.90 Å². The van der Waals surface area contributed by atoms with Gasteiger partial charge in [-0.2, -0.15) is 0 Å². The predicted octanol–water partition coefficient (Wildman–Crippen LogP) is 3.59. The number of carbonyl (C=O) groups excluding carboxylic acids is 2. The number of fused-ring (bicyclic) bond motifs is 1. The highest BCUT2D eigenvalue weighted by Crippen LogP contribution is 2.28. The highest BCUT2D eigenvalue weighted by molar-refractivity contribution is 7.92. The van der Waals surface area contributed by atoms with Gasteiger partial charge in [0.05, 0.1) is 11.9 Å². The molecule has 0 aromatic heterocycles. The van der Waals surface area contributed by atoms with Crippen LogP contribution in [0, 0.1) is 0 Å². The summed E-state index contributed by atoms with van der Waals surface area (Å²) in [7, 11) is -3.78. The summed E-state index contributed by atoms with van der Waals surface area (Å²) in [6.07, 6.45) is 2.41. The van der Waals surface area contributed by atoms with Crippen LogP contribution >= 0.6 is 0 Å². The number of nitrogens with zero attached hydrogens (tertiary/aromatic N) is 2. The molecule has 0 heterocycles. The van der Waals surface area contributed by atoms with Gasteiger partial charge in [-0.25, -0.2) is 8.42 Å². The number of amides is 2. The Kier molecular flexibility index (Phi) is 8.87. The molecule has 8 heteroatoms. The van der Waals surface area contributed by atoms with E-state index in [0.717, 1.165) is 33.3 Å². The number of nitrogens with one attached hydrogen (secondary N) is 1. The Morgan fingerprint density at radius 3 is 2.29 bits per heavy atom. The third-order valence-electron chi connectivity index (χ3n) is 5.92. The Balaban J connectivity index is 1.92. The fourth-order valence-electron chi connectivity index (χ4n) is 3.99. The number of anilines is 1. The van der Waals surface area contributed by atoms with E-state index in [1.54, 1.807) is 19.1 Å². The van der Waals surface area contributed by atoms with Crippen molar-refractivity contribution in [2.75, 3.05) is 30.2 Å². The second-order valence-corrected chi connectivity index (χ2v) is 10.5. The number of benzene rings is 3. The molecule has 2 amide bonds. The molecule has 3 aromatic rings. The summed E-state index contributed by atoms with van der Waals surface area (Å²) in [5.41, 5.74) is 1.46. The van der Waals surface area contributed by atoms with E-state index in [0.29, 0.717) is 18.7 Å². The summed E-state index contributed by atoms with van der Waals surface area (Å²) < 4.78 is 26.8. The third-order valence-corrected chi connectivity index (χ3v) is 7.04. The SMILES string of the molecule is CCCNC(=O)[C@@H](C)N(CCc1ccccc1)C(=O)CN(c1cccc2ccccc12)S(C)(=O)=O. The molecule has 0 aliphatic rings. The lowest BCUT2D eigenvalue weighted by molar-refractivity contribution is -0.138. The van der Waals surface area contributed by atoms with E-state index in [1.807, 2.05) is 67.6 Å². The molecule has 186 valence electrons. The average molecular weight is 496 g/mol. The molecular formula is C27H33N3O4S. The van der Waals surface area contributed by atoms with Gasteiger partial charge in [-0.3, -0.25) is 13.9 Å². The molecule has 1 atom stereocenters. The van der Waals surface area contributed by atoms with Crippen molar-refractivity contribution < 1.29 is 18.0 Å². The van der Waals surface area contributed by atoms with Crippen molar-refractivity contribution in [1.29, 1.82) is 0 Å². The van der Waals surface area contributed by atoms with E-state index >= 15 is 0 Å². The molecular weight excluding hydrogens is 462 g/mol. The Bertz CT molecular complexity index is 1260. The van der Waals surface area contributed by atoms with Crippen LogP contribution in [0.25, 0.3) is 10.8 Å². The maximum Gasteiger partial charge on any atom is 0.244 e. The second kappa shape index (κ2) is 11.8. The van der Waals surface area contributed by atoms with Gasteiger partial charge in [0.2, 0.25) is 21.8 Å². The van der Waals surface area contributed by atoms with Crippen LogP contribution in [0.2, 0.25) is 0 Å². The van der Waals surface area contributed by atoms with Gasteiger partial charge in [0.25, 0.3) is 0 Å². The lowest BCUT2D eigenvalue weighted by Crippen LogP contribution is -2.52. The van der Waals surface area contributed by atoms with Gasteiger partial charge in [-0.15, -0.1) is 0 Å². The van der Waals surface area contributed by atoms with Crippen molar-refractivity contribution in [3.8, 4) is 0 Å².